The number of H-pyrrole nitrogens is 1. The summed E-state index contributed by atoms with van der Waals surface area (Å²) in [6, 6.07) is 5.96. The summed E-state index contributed by atoms with van der Waals surface area (Å²) in [4.78, 5) is 19.1. The van der Waals surface area contributed by atoms with Gasteiger partial charge in [-0.05, 0) is 37.0 Å². The number of nitrogens with zero attached hydrogens (tertiary/aromatic N) is 3. The Bertz CT molecular complexity index is 672. The second-order valence-electron chi connectivity index (χ2n) is 7.21. The molecule has 1 saturated heterocycles. The van der Waals surface area contributed by atoms with Gasteiger partial charge in [0, 0.05) is 30.0 Å². The van der Waals surface area contributed by atoms with Gasteiger partial charge in [-0.3, -0.25) is 14.9 Å². The Balaban J connectivity index is 1.86. The summed E-state index contributed by atoms with van der Waals surface area (Å²) in [5, 5.41) is 7.26. The van der Waals surface area contributed by atoms with E-state index in [0.29, 0.717) is 5.69 Å². The maximum atomic E-state index is 12.9. The van der Waals surface area contributed by atoms with Gasteiger partial charge < -0.3 is 4.90 Å². The number of likely N-dealkylation sites (tertiary alicyclic amines) is 1. The van der Waals surface area contributed by atoms with E-state index in [1.54, 1.807) is 6.20 Å². The van der Waals surface area contributed by atoms with Crippen LogP contribution in [0.1, 0.15) is 67.8 Å². The minimum absolute atomic E-state index is 0.00491. The molecule has 5 heteroatoms. The molecule has 0 aliphatic carbocycles. The molecule has 1 atom stereocenters. The lowest BCUT2D eigenvalue weighted by Crippen LogP contribution is -2.38. The number of pyridine rings is 1. The monoisotopic (exact) mass is 312 g/mol. The van der Waals surface area contributed by atoms with Crippen molar-refractivity contribution < 1.29 is 4.79 Å². The molecule has 1 N–H and O–H groups in total. The molecule has 2 aromatic rings. The van der Waals surface area contributed by atoms with Crippen LogP contribution in [0.5, 0.6) is 0 Å². The molecule has 122 valence electrons. The van der Waals surface area contributed by atoms with Crippen molar-refractivity contribution in [2.75, 3.05) is 6.54 Å². The van der Waals surface area contributed by atoms with Crippen LogP contribution in [0.25, 0.3) is 0 Å². The maximum Gasteiger partial charge on any atom is 0.274 e. The standard InChI is InChI=1S/C18H24N4O/c1-18(2,3)16-11-14(20-21-16)17(23)22-10-5-4-8-15(22)13-7-6-9-19-12-13/h6-7,9,11-12,15H,4-5,8,10H2,1-3H3,(H,20,21). The van der Waals surface area contributed by atoms with Gasteiger partial charge in [-0.2, -0.15) is 5.10 Å². The van der Waals surface area contributed by atoms with Gasteiger partial charge in [0.25, 0.3) is 5.91 Å². The topological polar surface area (TPSA) is 61.9 Å². The van der Waals surface area contributed by atoms with Crippen molar-refractivity contribution in [3.05, 3.63) is 47.5 Å². The van der Waals surface area contributed by atoms with Crippen LogP contribution in [0.15, 0.2) is 30.6 Å². The molecule has 1 aliphatic rings. The van der Waals surface area contributed by atoms with Crippen molar-refractivity contribution in [1.82, 2.24) is 20.1 Å². The van der Waals surface area contributed by atoms with E-state index in [1.165, 1.54) is 0 Å². The first-order valence-corrected chi connectivity index (χ1v) is 8.23. The SMILES string of the molecule is CC(C)(C)c1cc(C(=O)N2CCCCC2c2cccnc2)n[nH]1. The summed E-state index contributed by atoms with van der Waals surface area (Å²) in [5.74, 6) is 0.00491. The molecule has 5 nitrogen and oxygen atoms in total. The van der Waals surface area contributed by atoms with Gasteiger partial charge in [-0.1, -0.05) is 26.8 Å². The van der Waals surface area contributed by atoms with Crippen LogP contribution >= 0.6 is 0 Å². The lowest BCUT2D eigenvalue weighted by molar-refractivity contribution is 0.0605. The summed E-state index contributed by atoms with van der Waals surface area (Å²) in [6.45, 7) is 7.09. The van der Waals surface area contributed by atoms with E-state index >= 15 is 0 Å². The van der Waals surface area contributed by atoms with Gasteiger partial charge >= 0.3 is 0 Å². The molecule has 0 spiro atoms. The molecule has 0 bridgehead atoms. The number of rotatable bonds is 2. The van der Waals surface area contributed by atoms with Crippen LogP contribution < -0.4 is 0 Å². The van der Waals surface area contributed by atoms with Crippen molar-refractivity contribution in [1.29, 1.82) is 0 Å². The first kappa shape index (κ1) is 15.7. The highest BCUT2D eigenvalue weighted by Crippen LogP contribution is 2.32. The van der Waals surface area contributed by atoms with E-state index in [9.17, 15) is 4.79 Å². The first-order chi connectivity index (χ1) is 11.0. The van der Waals surface area contributed by atoms with Crippen LogP contribution in [-0.2, 0) is 5.41 Å². The second kappa shape index (κ2) is 6.14. The minimum Gasteiger partial charge on any atom is -0.330 e. The maximum absolute atomic E-state index is 12.9. The average molecular weight is 312 g/mol. The Morgan fingerprint density at radius 1 is 1.35 bits per heavy atom. The van der Waals surface area contributed by atoms with Crippen LogP contribution in [0.3, 0.4) is 0 Å². The number of piperidine rings is 1. The van der Waals surface area contributed by atoms with Crippen LogP contribution in [0.4, 0.5) is 0 Å². The normalized spacial score (nSPS) is 18.9. The summed E-state index contributed by atoms with van der Waals surface area (Å²) in [6.07, 6.45) is 6.79. The molecule has 0 radical (unpaired) electrons. The molecule has 2 aromatic heterocycles. The zero-order valence-corrected chi connectivity index (χ0v) is 14.0. The van der Waals surface area contributed by atoms with Crippen LogP contribution in [-0.4, -0.2) is 32.5 Å². The first-order valence-electron chi connectivity index (χ1n) is 8.23. The summed E-state index contributed by atoms with van der Waals surface area (Å²) in [5.41, 5.74) is 2.55. The minimum atomic E-state index is -0.0455. The molecule has 1 fully saturated rings. The Morgan fingerprint density at radius 3 is 2.83 bits per heavy atom. The zero-order valence-electron chi connectivity index (χ0n) is 14.0. The fourth-order valence-electron chi connectivity index (χ4n) is 3.06. The predicted octanol–water partition coefficient (Wildman–Crippen LogP) is 3.47. The van der Waals surface area contributed by atoms with E-state index in [2.05, 4.69) is 36.0 Å². The smallest absolute Gasteiger partial charge is 0.274 e. The highest BCUT2D eigenvalue weighted by atomic mass is 16.2. The van der Waals surface area contributed by atoms with Gasteiger partial charge in [-0.15, -0.1) is 0 Å². The lowest BCUT2D eigenvalue weighted by atomic mass is 9.92. The number of carbonyl (C=O) groups is 1. The Morgan fingerprint density at radius 2 is 2.17 bits per heavy atom. The van der Waals surface area contributed by atoms with Crippen molar-refractivity contribution in [2.24, 2.45) is 0 Å². The number of amides is 1. The number of aromatic amines is 1. The van der Waals surface area contributed by atoms with Crippen LogP contribution in [0, 0.1) is 0 Å². The Labute approximate surface area is 137 Å². The number of hydrogen-bond donors (Lipinski definition) is 1. The molecule has 3 heterocycles. The molecular weight excluding hydrogens is 288 g/mol. The molecule has 0 aromatic carbocycles. The molecule has 1 amide bonds. The quantitative estimate of drug-likeness (QED) is 0.923. The lowest BCUT2D eigenvalue weighted by Gasteiger charge is -2.35. The molecule has 1 aliphatic heterocycles. The third-order valence-electron chi connectivity index (χ3n) is 4.44. The molecule has 3 rings (SSSR count). The number of aromatic nitrogens is 3. The van der Waals surface area contributed by atoms with E-state index in [-0.39, 0.29) is 17.4 Å². The van der Waals surface area contributed by atoms with E-state index in [1.807, 2.05) is 29.3 Å². The second-order valence-corrected chi connectivity index (χ2v) is 7.21. The van der Waals surface area contributed by atoms with E-state index < -0.39 is 0 Å². The summed E-state index contributed by atoms with van der Waals surface area (Å²) >= 11 is 0. The largest absolute Gasteiger partial charge is 0.330 e. The highest BCUT2D eigenvalue weighted by molar-refractivity contribution is 5.92. The van der Waals surface area contributed by atoms with Gasteiger partial charge in [0.15, 0.2) is 0 Å². The molecular formula is C18H24N4O. The Kier molecular flexibility index (Phi) is 4.20. The van der Waals surface area contributed by atoms with Crippen LogP contribution in [0.2, 0.25) is 0 Å². The number of nitrogens with one attached hydrogen (secondary N) is 1. The van der Waals surface area contributed by atoms with E-state index in [0.717, 1.165) is 37.1 Å². The summed E-state index contributed by atoms with van der Waals surface area (Å²) in [7, 11) is 0. The Hall–Kier alpha value is -2.17. The van der Waals surface area contributed by atoms with Gasteiger partial charge in [0.1, 0.15) is 5.69 Å². The molecule has 0 saturated carbocycles. The molecule has 1 unspecified atom stereocenters. The predicted molar refractivity (Wildman–Crippen MR) is 89.2 cm³/mol. The fraction of sp³-hybridized carbons (Fsp3) is 0.500. The van der Waals surface area contributed by atoms with Crippen molar-refractivity contribution >= 4 is 5.91 Å². The third-order valence-corrected chi connectivity index (χ3v) is 4.44. The zero-order chi connectivity index (χ0) is 16.4. The summed E-state index contributed by atoms with van der Waals surface area (Å²) < 4.78 is 0. The van der Waals surface area contributed by atoms with Gasteiger partial charge in [0.2, 0.25) is 0 Å². The number of hydrogen-bond acceptors (Lipinski definition) is 3. The average Bonchev–Trinajstić information content (AvgIpc) is 3.05. The fourth-order valence-corrected chi connectivity index (χ4v) is 3.06. The van der Waals surface area contributed by atoms with Crippen molar-refractivity contribution in [3.8, 4) is 0 Å². The molecule has 23 heavy (non-hydrogen) atoms. The highest BCUT2D eigenvalue weighted by Gasteiger charge is 2.30. The van der Waals surface area contributed by atoms with Gasteiger partial charge in [0.05, 0.1) is 6.04 Å². The van der Waals surface area contributed by atoms with Crippen molar-refractivity contribution in [3.63, 3.8) is 0 Å². The van der Waals surface area contributed by atoms with Gasteiger partial charge in [-0.25, -0.2) is 0 Å². The van der Waals surface area contributed by atoms with E-state index in [4.69, 9.17) is 0 Å². The number of carbonyl (C=O) groups excluding carboxylic acids is 1. The third kappa shape index (κ3) is 3.28. The van der Waals surface area contributed by atoms with Crippen molar-refractivity contribution in [2.45, 2.75) is 51.5 Å².